The molecule has 1 aromatic carbocycles. The summed E-state index contributed by atoms with van der Waals surface area (Å²) >= 11 is 1.75. The van der Waals surface area contributed by atoms with Crippen molar-refractivity contribution in [1.29, 1.82) is 0 Å². The fourth-order valence-corrected chi connectivity index (χ4v) is 4.63. The Morgan fingerprint density at radius 2 is 2.20 bits per heavy atom. The van der Waals surface area contributed by atoms with Crippen LogP contribution in [-0.4, -0.2) is 50.3 Å². The van der Waals surface area contributed by atoms with Gasteiger partial charge in [0, 0.05) is 44.0 Å². The number of hydrogen-bond acceptors (Lipinski definition) is 5. The molecule has 0 spiro atoms. The van der Waals surface area contributed by atoms with Crippen LogP contribution in [0.1, 0.15) is 28.9 Å². The Kier molecular flexibility index (Phi) is 7.84. The highest BCUT2D eigenvalue weighted by molar-refractivity contribution is 7.11. The summed E-state index contributed by atoms with van der Waals surface area (Å²) in [5.74, 6) is 0.948. The van der Waals surface area contributed by atoms with Crippen LogP contribution in [0.4, 0.5) is 14.5 Å². The number of thiazole rings is 1. The van der Waals surface area contributed by atoms with Gasteiger partial charge in [0.25, 0.3) is 0 Å². The van der Waals surface area contributed by atoms with Gasteiger partial charge in [0.15, 0.2) is 5.96 Å². The first-order valence-corrected chi connectivity index (χ1v) is 11.0. The van der Waals surface area contributed by atoms with E-state index < -0.39 is 6.61 Å². The Morgan fingerprint density at radius 3 is 2.90 bits per heavy atom. The van der Waals surface area contributed by atoms with Crippen LogP contribution >= 0.6 is 11.3 Å². The first-order valence-electron chi connectivity index (χ1n) is 10.2. The van der Waals surface area contributed by atoms with E-state index in [2.05, 4.69) is 44.1 Å². The predicted octanol–water partition coefficient (Wildman–Crippen LogP) is 3.60. The van der Waals surface area contributed by atoms with Crippen molar-refractivity contribution in [2.45, 2.75) is 45.8 Å². The molecule has 0 radical (unpaired) electrons. The number of alkyl halides is 2. The molecule has 0 aliphatic carbocycles. The molecule has 1 fully saturated rings. The lowest BCUT2D eigenvalue weighted by Crippen LogP contribution is -2.45. The van der Waals surface area contributed by atoms with Gasteiger partial charge in [-0.25, -0.2) is 4.98 Å². The third kappa shape index (κ3) is 5.81. The number of halogens is 2. The van der Waals surface area contributed by atoms with Crippen LogP contribution in [0, 0.1) is 6.92 Å². The van der Waals surface area contributed by atoms with Crippen molar-refractivity contribution < 1.29 is 13.5 Å². The van der Waals surface area contributed by atoms with Crippen molar-refractivity contribution in [2.24, 2.45) is 4.99 Å². The quantitative estimate of drug-likeness (QED) is 0.488. The molecule has 1 atom stereocenters. The lowest BCUT2D eigenvalue weighted by Gasteiger charge is -2.22. The smallest absolute Gasteiger partial charge is 0.387 e. The van der Waals surface area contributed by atoms with Gasteiger partial charge in [0.1, 0.15) is 5.75 Å². The van der Waals surface area contributed by atoms with Crippen molar-refractivity contribution in [3.8, 4) is 5.75 Å². The predicted molar refractivity (Wildman–Crippen MR) is 118 cm³/mol. The summed E-state index contributed by atoms with van der Waals surface area (Å²) in [6.07, 6.45) is 2.69. The van der Waals surface area contributed by atoms with Crippen LogP contribution in [0.15, 0.2) is 29.3 Å². The van der Waals surface area contributed by atoms with Crippen LogP contribution in [-0.2, 0) is 12.8 Å². The maximum atomic E-state index is 12.7. The number of nitrogens with zero attached hydrogens (tertiary/aromatic N) is 3. The Hall–Kier alpha value is -2.42. The molecule has 1 aliphatic heterocycles. The van der Waals surface area contributed by atoms with Gasteiger partial charge in [0.05, 0.1) is 16.4 Å². The van der Waals surface area contributed by atoms with Gasteiger partial charge >= 0.3 is 6.61 Å². The normalized spacial score (nSPS) is 16.9. The van der Waals surface area contributed by atoms with Gasteiger partial charge in [-0.3, -0.25) is 4.99 Å². The molecule has 1 aliphatic rings. The van der Waals surface area contributed by atoms with Gasteiger partial charge < -0.3 is 20.3 Å². The first-order chi connectivity index (χ1) is 14.5. The molecule has 6 nitrogen and oxygen atoms in total. The highest BCUT2D eigenvalue weighted by atomic mass is 32.1. The molecule has 1 unspecified atom stereocenters. The third-order valence-corrected chi connectivity index (χ3v) is 6.15. The molecular formula is C21H29F2N5OS. The van der Waals surface area contributed by atoms with E-state index in [1.807, 2.05) is 12.1 Å². The third-order valence-electron chi connectivity index (χ3n) is 5.08. The fourth-order valence-electron chi connectivity index (χ4n) is 3.61. The summed E-state index contributed by atoms with van der Waals surface area (Å²) in [6, 6.07) is 7.09. The minimum Gasteiger partial charge on any atom is -0.433 e. The van der Waals surface area contributed by atoms with E-state index in [4.69, 9.17) is 0 Å². The van der Waals surface area contributed by atoms with Gasteiger partial charge in [-0.1, -0.05) is 19.1 Å². The minimum atomic E-state index is -2.83. The lowest BCUT2D eigenvalue weighted by atomic mass is 10.2. The molecule has 3 rings (SSSR count). The molecule has 0 amide bonds. The highest BCUT2D eigenvalue weighted by Crippen LogP contribution is 2.31. The molecule has 9 heteroatoms. The van der Waals surface area contributed by atoms with Crippen LogP contribution < -0.4 is 20.3 Å². The Morgan fingerprint density at radius 1 is 1.40 bits per heavy atom. The second-order valence-electron chi connectivity index (χ2n) is 7.14. The van der Waals surface area contributed by atoms with Gasteiger partial charge in [-0.2, -0.15) is 8.78 Å². The number of ether oxygens (including phenoxy) is 1. The van der Waals surface area contributed by atoms with Gasteiger partial charge in [-0.05, 0) is 31.9 Å². The van der Waals surface area contributed by atoms with E-state index in [1.165, 1.54) is 10.6 Å². The number of para-hydroxylation sites is 2. The molecule has 1 aromatic heterocycles. The number of anilines is 1. The molecule has 0 bridgehead atoms. The van der Waals surface area contributed by atoms with E-state index in [0.29, 0.717) is 12.2 Å². The minimum absolute atomic E-state index is 0.171. The molecular weight excluding hydrogens is 408 g/mol. The molecule has 0 saturated carbocycles. The largest absolute Gasteiger partial charge is 0.433 e. The average molecular weight is 438 g/mol. The lowest BCUT2D eigenvalue weighted by molar-refractivity contribution is -0.0495. The van der Waals surface area contributed by atoms with E-state index in [1.54, 1.807) is 30.5 Å². The number of aromatic nitrogens is 1. The molecule has 164 valence electrons. The zero-order valence-electron chi connectivity index (χ0n) is 17.6. The number of nitrogens with one attached hydrogen (secondary N) is 2. The summed E-state index contributed by atoms with van der Waals surface area (Å²) in [5.41, 5.74) is 1.87. The summed E-state index contributed by atoms with van der Waals surface area (Å²) < 4.78 is 30.0. The van der Waals surface area contributed by atoms with E-state index in [9.17, 15) is 8.78 Å². The van der Waals surface area contributed by atoms with Crippen LogP contribution in [0.25, 0.3) is 0 Å². The molecule has 30 heavy (non-hydrogen) atoms. The average Bonchev–Trinajstić information content (AvgIpc) is 3.33. The standard InChI is InChI=1S/C21H29F2N5OS/c1-4-16-14(2)30-19(27-16)9-11-25-21(24-3)26-15-10-12-28(13-15)17-7-5-6-8-18(17)29-20(22)23/h5-8,15,20H,4,9-13H2,1-3H3,(H2,24,25,26). The van der Waals surface area contributed by atoms with Crippen molar-refractivity contribution in [1.82, 2.24) is 15.6 Å². The zero-order valence-corrected chi connectivity index (χ0v) is 18.4. The van der Waals surface area contributed by atoms with Crippen LogP contribution in [0.5, 0.6) is 5.75 Å². The van der Waals surface area contributed by atoms with Gasteiger partial charge in [-0.15, -0.1) is 11.3 Å². The molecule has 2 aromatic rings. The second kappa shape index (κ2) is 10.6. The summed E-state index contributed by atoms with van der Waals surface area (Å²) in [7, 11) is 1.75. The number of hydrogen-bond donors (Lipinski definition) is 2. The van der Waals surface area contributed by atoms with E-state index in [-0.39, 0.29) is 11.8 Å². The van der Waals surface area contributed by atoms with Crippen molar-refractivity contribution in [3.63, 3.8) is 0 Å². The van der Waals surface area contributed by atoms with E-state index >= 15 is 0 Å². The zero-order chi connectivity index (χ0) is 21.5. The maximum Gasteiger partial charge on any atom is 0.387 e. The first kappa shape index (κ1) is 22.3. The van der Waals surface area contributed by atoms with Gasteiger partial charge in [0.2, 0.25) is 0 Å². The van der Waals surface area contributed by atoms with Crippen molar-refractivity contribution in [3.05, 3.63) is 39.8 Å². The number of rotatable bonds is 8. The van der Waals surface area contributed by atoms with Crippen molar-refractivity contribution >= 4 is 23.0 Å². The van der Waals surface area contributed by atoms with Crippen molar-refractivity contribution in [2.75, 3.05) is 31.6 Å². The highest BCUT2D eigenvalue weighted by Gasteiger charge is 2.26. The SMILES string of the molecule is CCc1nc(CCNC(=NC)NC2CCN(c3ccccc3OC(F)F)C2)sc1C. The number of aliphatic imine (C=N–C) groups is 1. The maximum absolute atomic E-state index is 12.7. The molecule has 1 saturated heterocycles. The second-order valence-corrected chi connectivity index (χ2v) is 8.42. The molecule has 2 N–H and O–H groups in total. The fraction of sp³-hybridized carbons (Fsp3) is 0.524. The number of guanidine groups is 1. The van der Waals surface area contributed by atoms with E-state index in [0.717, 1.165) is 43.3 Å². The molecule has 2 heterocycles. The summed E-state index contributed by atoms with van der Waals surface area (Å²) in [4.78, 5) is 12.3. The Balaban J connectivity index is 1.50. The Labute approximate surface area is 180 Å². The summed E-state index contributed by atoms with van der Waals surface area (Å²) in [6.45, 7) is 3.60. The number of benzene rings is 1. The van der Waals surface area contributed by atoms with Crippen LogP contribution in [0.2, 0.25) is 0 Å². The number of aryl methyl sites for hydroxylation is 2. The van der Waals surface area contributed by atoms with Crippen LogP contribution in [0.3, 0.4) is 0 Å². The monoisotopic (exact) mass is 437 g/mol. The topological polar surface area (TPSA) is 61.8 Å². The Bertz CT molecular complexity index is 858. The summed E-state index contributed by atoms with van der Waals surface area (Å²) in [5, 5.41) is 7.91.